The van der Waals surface area contributed by atoms with E-state index in [0.29, 0.717) is 13.1 Å². The Labute approximate surface area is 151 Å². The van der Waals surface area contributed by atoms with Gasteiger partial charge in [-0.1, -0.05) is 18.2 Å². The van der Waals surface area contributed by atoms with E-state index in [-0.39, 0.29) is 12.5 Å². The molecular weight excluding hydrogens is 328 g/mol. The fraction of sp³-hybridized carbons (Fsp3) is 0.250. The van der Waals surface area contributed by atoms with Crippen LogP contribution in [-0.2, 0) is 11.3 Å². The van der Waals surface area contributed by atoms with Crippen LogP contribution in [0.2, 0.25) is 0 Å². The number of methoxy groups -OCH3 is 1. The molecular formula is C20H20N4O2. The van der Waals surface area contributed by atoms with Crippen LogP contribution in [0, 0.1) is 6.92 Å². The van der Waals surface area contributed by atoms with Gasteiger partial charge in [0.2, 0.25) is 5.91 Å². The van der Waals surface area contributed by atoms with Gasteiger partial charge in [-0.05, 0) is 41.8 Å². The minimum Gasteiger partial charge on any atom is -0.497 e. The van der Waals surface area contributed by atoms with Crippen molar-refractivity contribution in [2.45, 2.75) is 13.5 Å². The van der Waals surface area contributed by atoms with Gasteiger partial charge in [0.1, 0.15) is 12.3 Å². The van der Waals surface area contributed by atoms with Gasteiger partial charge in [-0.25, -0.2) is 9.67 Å². The molecule has 3 heterocycles. The number of rotatable bonds is 4. The minimum atomic E-state index is 0.0338. The average molecular weight is 348 g/mol. The predicted octanol–water partition coefficient (Wildman–Crippen LogP) is 2.67. The standard InChI is InChI=1S/C20H20N4O2/c1-14-8-17-11-22-24(20(17)21-10-14)13-19(25)23-7-6-16(12-23)15-4-3-5-18(9-15)26-2/h3-6,8-11H,7,12-13H2,1-2H3. The van der Waals surface area contributed by atoms with E-state index >= 15 is 0 Å². The van der Waals surface area contributed by atoms with Crippen molar-refractivity contribution < 1.29 is 9.53 Å². The summed E-state index contributed by atoms with van der Waals surface area (Å²) in [7, 11) is 1.65. The van der Waals surface area contributed by atoms with Gasteiger partial charge in [0.05, 0.1) is 13.3 Å². The van der Waals surface area contributed by atoms with Crippen molar-refractivity contribution in [3.8, 4) is 5.75 Å². The van der Waals surface area contributed by atoms with Crippen LogP contribution in [-0.4, -0.2) is 45.8 Å². The zero-order valence-corrected chi connectivity index (χ0v) is 14.8. The van der Waals surface area contributed by atoms with Gasteiger partial charge in [-0.2, -0.15) is 5.10 Å². The number of aryl methyl sites for hydroxylation is 1. The Hall–Kier alpha value is -3.15. The molecule has 0 fully saturated rings. The quantitative estimate of drug-likeness (QED) is 0.727. The molecule has 26 heavy (non-hydrogen) atoms. The highest BCUT2D eigenvalue weighted by atomic mass is 16.5. The summed E-state index contributed by atoms with van der Waals surface area (Å²) >= 11 is 0. The van der Waals surface area contributed by atoms with E-state index < -0.39 is 0 Å². The third-order valence-corrected chi connectivity index (χ3v) is 4.61. The van der Waals surface area contributed by atoms with E-state index in [1.54, 1.807) is 24.2 Å². The molecule has 1 aliphatic heterocycles. The van der Waals surface area contributed by atoms with Gasteiger partial charge in [0.15, 0.2) is 5.65 Å². The predicted molar refractivity (Wildman–Crippen MR) is 99.8 cm³/mol. The third kappa shape index (κ3) is 3.06. The Kier molecular flexibility index (Phi) is 4.16. The first-order valence-electron chi connectivity index (χ1n) is 8.53. The fourth-order valence-corrected chi connectivity index (χ4v) is 3.20. The Morgan fingerprint density at radius 3 is 3.00 bits per heavy atom. The van der Waals surface area contributed by atoms with E-state index in [1.165, 1.54) is 0 Å². The number of carbonyl (C=O) groups is 1. The highest BCUT2D eigenvalue weighted by Gasteiger charge is 2.22. The topological polar surface area (TPSA) is 60.2 Å². The molecule has 0 unspecified atom stereocenters. The first kappa shape index (κ1) is 16.3. The zero-order valence-electron chi connectivity index (χ0n) is 14.8. The number of pyridine rings is 1. The van der Waals surface area contributed by atoms with Crippen molar-refractivity contribution in [1.29, 1.82) is 0 Å². The molecule has 0 saturated heterocycles. The molecule has 0 spiro atoms. The summed E-state index contributed by atoms with van der Waals surface area (Å²) in [4.78, 5) is 18.9. The van der Waals surface area contributed by atoms with Crippen molar-refractivity contribution in [1.82, 2.24) is 19.7 Å². The molecule has 0 radical (unpaired) electrons. The van der Waals surface area contributed by atoms with E-state index in [2.05, 4.69) is 16.2 Å². The molecule has 0 aliphatic carbocycles. The average Bonchev–Trinajstić information content (AvgIpc) is 3.29. The number of benzene rings is 1. The van der Waals surface area contributed by atoms with E-state index in [1.807, 2.05) is 42.2 Å². The Bertz CT molecular complexity index is 1010. The van der Waals surface area contributed by atoms with Gasteiger partial charge in [0.25, 0.3) is 0 Å². The molecule has 3 aromatic rings. The maximum Gasteiger partial charge on any atom is 0.244 e. The lowest BCUT2D eigenvalue weighted by molar-refractivity contribution is -0.130. The summed E-state index contributed by atoms with van der Waals surface area (Å²) in [6, 6.07) is 9.93. The van der Waals surface area contributed by atoms with Crippen LogP contribution in [0.5, 0.6) is 5.75 Å². The summed E-state index contributed by atoms with van der Waals surface area (Å²) in [5.74, 6) is 0.851. The zero-order chi connectivity index (χ0) is 18.1. The Morgan fingerprint density at radius 1 is 1.27 bits per heavy atom. The molecule has 1 amide bonds. The second-order valence-corrected chi connectivity index (χ2v) is 6.46. The molecule has 0 atom stereocenters. The molecule has 0 bridgehead atoms. The van der Waals surface area contributed by atoms with Crippen molar-refractivity contribution in [2.24, 2.45) is 0 Å². The number of aromatic nitrogens is 3. The van der Waals surface area contributed by atoms with Crippen LogP contribution in [0.25, 0.3) is 16.6 Å². The summed E-state index contributed by atoms with van der Waals surface area (Å²) in [5.41, 5.74) is 4.04. The summed E-state index contributed by atoms with van der Waals surface area (Å²) in [6.45, 7) is 3.39. The molecule has 0 saturated carbocycles. The molecule has 6 nitrogen and oxygen atoms in total. The molecule has 132 valence electrons. The molecule has 2 aromatic heterocycles. The number of carbonyl (C=O) groups excluding carboxylic acids is 1. The minimum absolute atomic E-state index is 0.0338. The number of nitrogens with zero attached hydrogens (tertiary/aromatic N) is 4. The van der Waals surface area contributed by atoms with Crippen LogP contribution in [0.3, 0.4) is 0 Å². The Morgan fingerprint density at radius 2 is 2.15 bits per heavy atom. The van der Waals surface area contributed by atoms with E-state index in [9.17, 15) is 4.79 Å². The highest BCUT2D eigenvalue weighted by molar-refractivity contribution is 5.83. The molecule has 4 rings (SSSR count). The summed E-state index contributed by atoms with van der Waals surface area (Å²) in [6.07, 6.45) is 5.64. The van der Waals surface area contributed by atoms with Gasteiger partial charge >= 0.3 is 0 Å². The first-order chi connectivity index (χ1) is 12.6. The smallest absolute Gasteiger partial charge is 0.244 e. The number of hydrogen-bond donors (Lipinski definition) is 0. The number of amides is 1. The largest absolute Gasteiger partial charge is 0.497 e. The van der Waals surface area contributed by atoms with E-state index in [4.69, 9.17) is 4.74 Å². The van der Waals surface area contributed by atoms with Crippen LogP contribution < -0.4 is 4.74 Å². The van der Waals surface area contributed by atoms with Crippen molar-refractivity contribution in [3.63, 3.8) is 0 Å². The Balaban J connectivity index is 1.46. The van der Waals surface area contributed by atoms with Crippen LogP contribution in [0.1, 0.15) is 11.1 Å². The SMILES string of the molecule is COc1cccc(C2=CCN(C(=O)Cn3ncc4cc(C)cnc43)C2)c1. The monoisotopic (exact) mass is 348 g/mol. The number of hydrogen-bond acceptors (Lipinski definition) is 4. The van der Waals surface area contributed by atoms with Crippen molar-refractivity contribution >= 4 is 22.5 Å². The van der Waals surface area contributed by atoms with Gasteiger partial charge < -0.3 is 9.64 Å². The van der Waals surface area contributed by atoms with Crippen molar-refractivity contribution in [3.05, 3.63) is 59.9 Å². The molecule has 0 N–H and O–H groups in total. The molecule has 6 heteroatoms. The van der Waals surface area contributed by atoms with Crippen molar-refractivity contribution in [2.75, 3.05) is 20.2 Å². The lowest BCUT2D eigenvalue weighted by Gasteiger charge is -2.17. The maximum atomic E-state index is 12.7. The second-order valence-electron chi connectivity index (χ2n) is 6.46. The number of fused-ring (bicyclic) bond motifs is 1. The number of ether oxygens (including phenoxy) is 1. The maximum absolute atomic E-state index is 12.7. The van der Waals surface area contributed by atoms with Gasteiger partial charge in [0, 0.05) is 24.7 Å². The summed E-state index contributed by atoms with van der Waals surface area (Å²) in [5, 5.41) is 5.27. The third-order valence-electron chi connectivity index (χ3n) is 4.61. The normalized spacial score (nSPS) is 13.9. The molecule has 1 aromatic carbocycles. The molecule has 1 aliphatic rings. The lowest BCUT2D eigenvalue weighted by Crippen LogP contribution is -2.32. The van der Waals surface area contributed by atoms with Gasteiger partial charge in [-0.15, -0.1) is 0 Å². The van der Waals surface area contributed by atoms with Crippen LogP contribution in [0.15, 0.2) is 48.8 Å². The fourth-order valence-electron chi connectivity index (χ4n) is 3.20. The van der Waals surface area contributed by atoms with E-state index in [0.717, 1.165) is 33.5 Å². The van der Waals surface area contributed by atoms with Crippen LogP contribution in [0.4, 0.5) is 0 Å². The summed E-state index contributed by atoms with van der Waals surface area (Å²) < 4.78 is 6.95. The second kappa shape index (κ2) is 6.63. The highest BCUT2D eigenvalue weighted by Crippen LogP contribution is 2.24. The van der Waals surface area contributed by atoms with Gasteiger partial charge in [-0.3, -0.25) is 4.79 Å². The lowest BCUT2D eigenvalue weighted by atomic mass is 10.1. The first-order valence-corrected chi connectivity index (χ1v) is 8.53. The van der Waals surface area contributed by atoms with Crippen LogP contribution >= 0.6 is 0 Å².